The van der Waals surface area contributed by atoms with E-state index in [1.807, 2.05) is 6.92 Å². The van der Waals surface area contributed by atoms with Crippen molar-refractivity contribution in [2.75, 3.05) is 0 Å². The number of hydrogen-bond acceptors (Lipinski definition) is 4. The van der Waals surface area contributed by atoms with E-state index in [2.05, 4.69) is 20.9 Å². The first kappa shape index (κ1) is 12.2. The van der Waals surface area contributed by atoms with E-state index in [4.69, 9.17) is 9.52 Å². The second-order valence-electron chi connectivity index (χ2n) is 3.30. The summed E-state index contributed by atoms with van der Waals surface area (Å²) in [6.07, 6.45) is 1.53. The minimum absolute atomic E-state index is 0.222. The predicted molar refractivity (Wildman–Crippen MR) is 66.5 cm³/mol. The Kier molecular flexibility index (Phi) is 3.54. The van der Waals surface area contributed by atoms with Crippen molar-refractivity contribution in [3.05, 3.63) is 40.2 Å². The fourth-order valence-electron chi connectivity index (χ4n) is 1.23. The van der Waals surface area contributed by atoms with E-state index in [0.717, 1.165) is 10.2 Å². The molecule has 0 spiro atoms. The summed E-state index contributed by atoms with van der Waals surface area (Å²) in [5.41, 5.74) is 0.988. The highest BCUT2D eigenvalue weighted by molar-refractivity contribution is 9.10. The zero-order chi connectivity index (χ0) is 12.4. The molecule has 0 fully saturated rings. The molecule has 0 saturated carbocycles. The second-order valence-corrected chi connectivity index (χ2v) is 5.21. The average molecular weight is 314 g/mol. The van der Waals surface area contributed by atoms with E-state index in [1.165, 1.54) is 18.0 Å². The lowest BCUT2D eigenvalue weighted by Gasteiger charge is -2.03. The molecule has 1 heterocycles. The molecule has 0 saturated heterocycles. The Balaban J connectivity index is 2.35. The molecule has 0 unspecified atom stereocenters. The van der Waals surface area contributed by atoms with Crippen LogP contribution in [-0.4, -0.2) is 16.1 Å². The average Bonchev–Trinajstić information content (AvgIpc) is 2.66. The SMILES string of the molecule is Cc1coc(Sc2ccc(Br)cc2C(=O)O)n1. The predicted octanol–water partition coefficient (Wildman–Crippen LogP) is 3.59. The van der Waals surface area contributed by atoms with E-state index in [0.29, 0.717) is 10.1 Å². The summed E-state index contributed by atoms with van der Waals surface area (Å²) in [5, 5.41) is 9.53. The van der Waals surface area contributed by atoms with Crippen LogP contribution in [0.25, 0.3) is 0 Å². The van der Waals surface area contributed by atoms with Gasteiger partial charge in [0.05, 0.1) is 11.3 Å². The number of carboxylic acid groups (broad SMARTS) is 1. The van der Waals surface area contributed by atoms with Gasteiger partial charge < -0.3 is 9.52 Å². The lowest BCUT2D eigenvalue weighted by molar-refractivity contribution is 0.0693. The maximum atomic E-state index is 11.1. The molecule has 88 valence electrons. The van der Waals surface area contributed by atoms with Crippen LogP contribution in [0.3, 0.4) is 0 Å². The van der Waals surface area contributed by atoms with Gasteiger partial charge in [-0.25, -0.2) is 9.78 Å². The lowest BCUT2D eigenvalue weighted by atomic mass is 10.2. The van der Waals surface area contributed by atoms with E-state index in [9.17, 15) is 4.79 Å². The number of oxazole rings is 1. The zero-order valence-corrected chi connectivity index (χ0v) is 11.2. The number of carboxylic acids is 1. The molecule has 4 nitrogen and oxygen atoms in total. The Labute approximate surface area is 110 Å². The molecule has 17 heavy (non-hydrogen) atoms. The van der Waals surface area contributed by atoms with E-state index < -0.39 is 5.97 Å². The number of benzene rings is 1. The van der Waals surface area contributed by atoms with Crippen LogP contribution in [0.1, 0.15) is 16.1 Å². The normalized spacial score (nSPS) is 10.5. The summed E-state index contributed by atoms with van der Waals surface area (Å²) in [5.74, 6) is -0.975. The van der Waals surface area contributed by atoms with Gasteiger partial charge in [-0.2, -0.15) is 0 Å². The molecule has 2 rings (SSSR count). The Morgan fingerprint density at radius 3 is 2.88 bits per heavy atom. The van der Waals surface area contributed by atoms with Crippen LogP contribution in [-0.2, 0) is 0 Å². The number of carbonyl (C=O) groups is 1. The Bertz CT molecular complexity index is 568. The van der Waals surface area contributed by atoms with Crippen LogP contribution in [0.15, 0.2) is 43.5 Å². The third kappa shape index (κ3) is 2.89. The summed E-state index contributed by atoms with van der Waals surface area (Å²) in [6.45, 7) is 1.81. The molecule has 0 bridgehead atoms. The van der Waals surface area contributed by atoms with Gasteiger partial charge in [-0.15, -0.1) is 0 Å². The van der Waals surface area contributed by atoms with Crippen molar-refractivity contribution >= 4 is 33.7 Å². The summed E-state index contributed by atoms with van der Waals surface area (Å²) in [4.78, 5) is 15.8. The standard InChI is InChI=1S/C11H8BrNO3S/c1-6-5-16-11(13-6)17-9-3-2-7(12)4-8(9)10(14)15/h2-5H,1H3,(H,14,15). The molecule has 6 heteroatoms. The zero-order valence-electron chi connectivity index (χ0n) is 8.81. The van der Waals surface area contributed by atoms with Crippen LogP contribution in [0.4, 0.5) is 0 Å². The number of aromatic nitrogens is 1. The largest absolute Gasteiger partial charge is 0.478 e. The molecule has 2 aromatic rings. The van der Waals surface area contributed by atoms with Gasteiger partial charge in [-0.3, -0.25) is 0 Å². The van der Waals surface area contributed by atoms with Gasteiger partial charge in [0, 0.05) is 9.37 Å². The van der Waals surface area contributed by atoms with E-state index in [1.54, 1.807) is 18.2 Å². The van der Waals surface area contributed by atoms with Gasteiger partial charge in [0.25, 0.3) is 5.22 Å². The van der Waals surface area contributed by atoms with Crippen molar-refractivity contribution in [1.82, 2.24) is 4.98 Å². The lowest BCUT2D eigenvalue weighted by Crippen LogP contribution is -1.98. The molecule has 0 radical (unpaired) electrons. The maximum Gasteiger partial charge on any atom is 0.336 e. The monoisotopic (exact) mass is 313 g/mol. The number of aryl methyl sites for hydroxylation is 1. The van der Waals surface area contributed by atoms with Gasteiger partial charge in [-0.05, 0) is 36.9 Å². The summed E-state index contributed by atoms with van der Waals surface area (Å²) >= 11 is 4.44. The number of hydrogen-bond donors (Lipinski definition) is 1. The minimum Gasteiger partial charge on any atom is -0.478 e. The van der Waals surface area contributed by atoms with E-state index in [-0.39, 0.29) is 5.56 Å². The first-order valence-corrected chi connectivity index (χ1v) is 6.30. The van der Waals surface area contributed by atoms with Crippen molar-refractivity contribution in [3.8, 4) is 0 Å². The quantitative estimate of drug-likeness (QED) is 0.938. The van der Waals surface area contributed by atoms with Crippen molar-refractivity contribution in [3.63, 3.8) is 0 Å². The molecule has 1 aromatic carbocycles. The van der Waals surface area contributed by atoms with E-state index >= 15 is 0 Å². The van der Waals surface area contributed by atoms with Gasteiger partial charge in [0.1, 0.15) is 6.26 Å². The van der Waals surface area contributed by atoms with Gasteiger partial charge in [0.2, 0.25) is 0 Å². The van der Waals surface area contributed by atoms with Crippen molar-refractivity contribution < 1.29 is 14.3 Å². The van der Waals surface area contributed by atoms with Crippen molar-refractivity contribution in [2.45, 2.75) is 17.0 Å². The Morgan fingerprint density at radius 2 is 2.29 bits per heavy atom. The van der Waals surface area contributed by atoms with Crippen molar-refractivity contribution in [2.24, 2.45) is 0 Å². The highest BCUT2D eigenvalue weighted by Gasteiger charge is 2.13. The van der Waals surface area contributed by atoms with Crippen LogP contribution < -0.4 is 0 Å². The van der Waals surface area contributed by atoms with Crippen LogP contribution >= 0.6 is 27.7 Å². The fraction of sp³-hybridized carbons (Fsp3) is 0.0909. The number of nitrogens with zero attached hydrogens (tertiary/aromatic N) is 1. The molecule has 0 aliphatic carbocycles. The first-order valence-electron chi connectivity index (χ1n) is 4.69. The topological polar surface area (TPSA) is 63.3 Å². The molecule has 0 atom stereocenters. The summed E-state index contributed by atoms with van der Waals surface area (Å²) in [7, 11) is 0. The molecule has 0 aliphatic rings. The molecule has 0 amide bonds. The smallest absolute Gasteiger partial charge is 0.336 e. The van der Waals surface area contributed by atoms with Crippen LogP contribution in [0, 0.1) is 6.92 Å². The maximum absolute atomic E-state index is 11.1. The number of halogens is 1. The Morgan fingerprint density at radius 1 is 1.53 bits per heavy atom. The van der Waals surface area contributed by atoms with Gasteiger partial charge in [-0.1, -0.05) is 15.9 Å². The third-order valence-corrected chi connectivity index (χ3v) is 3.40. The van der Waals surface area contributed by atoms with Crippen LogP contribution in [0.2, 0.25) is 0 Å². The third-order valence-electron chi connectivity index (χ3n) is 1.97. The molecule has 1 N–H and O–H groups in total. The molecule has 0 aliphatic heterocycles. The highest BCUT2D eigenvalue weighted by atomic mass is 79.9. The van der Waals surface area contributed by atoms with Gasteiger partial charge in [0.15, 0.2) is 0 Å². The second kappa shape index (κ2) is 4.93. The first-order chi connectivity index (χ1) is 8.06. The number of aromatic carboxylic acids is 1. The fourth-order valence-corrected chi connectivity index (χ4v) is 2.46. The minimum atomic E-state index is -0.975. The highest BCUT2D eigenvalue weighted by Crippen LogP contribution is 2.31. The van der Waals surface area contributed by atoms with Gasteiger partial charge >= 0.3 is 5.97 Å². The Hall–Kier alpha value is -1.27. The number of rotatable bonds is 3. The summed E-state index contributed by atoms with van der Waals surface area (Å²) < 4.78 is 5.91. The van der Waals surface area contributed by atoms with Crippen molar-refractivity contribution in [1.29, 1.82) is 0 Å². The van der Waals surface area contributed by atoms with Crippen LogP contribution in [0.5, 0.6) is 0 Å². The summed E-state index contributed by atoms with van der Waals surface area (Å²) in [6, 6.07) is 5.06. The molecule has 1 aromatic heterocycles. The molecular formula is C11H8BrNO3S. The molecular weight excluding hydrogens is 306 g/mol.